The monoisotopic (exact) mass is 487 g/mol. The zero-order valence-corrected chi connectivity index (χ0v) is 21.1. The maximum atomic E-state index is 13.8. The van der Waals surface area contributed by atoms with Gasteiger partial charge in [-0.2, -0.15) is 0 Å². The van der Waals surface area contributed by atoms with E-state index < -0.39 is 11.8 Å². The number of nitrogens with one attached hydrogen (secondary N) is 1. The second-order valence-corrected chi connectivity index (χ2v) is 9.88. The second kappa shape index (κ2) is 10.2. The van der Waals surface area contributed by atoms with Gasteiger partial charge in [0.25, 0.3) is 0 Å². The van der Waals surface area contributed by atoms with Crippen molar-refractivity contribution in [2.24, 2.45) is 5.92 Å². The minimum absolute atomic E-state index is 0.0431. The van der Waals surface area contributed by atoms with E-state index in [2.05, 4.69) is 11.4 Å². The van der Waals surface area contributed by atoms with Crippen LogP contribution in [0.2, 0.25) is 0 Å². The van der Waals surface area contributed by atoms with Gasteiger partial charge >= 0.3 is 5.97 Å². The van der Waals surface area contributed by atoms with Crippen molar-refractivity contribution in [3.05, 3.63) is 82.7 Å². The average Bonchev–Trinajstić information content (AvgIpc) is 3.40. The standard InChI is InChI=1S/C30H33NO5/c1-18-27(30(33)36-24-6-4-5-7-24)28(20-10-14-23(35-3)15-11-20)29-25(31-18)16-21(17-26(29)32)19-8-12-22(34-2)13-9-19/h8-16,21,24,28-29,31H,4-7,17H2,1-3H3. The number of fused-ring (bicyclic) bond motifs is 1. The van der Waals surface area contributed by atoms with Crippen molar-refractivity contribution in [3.8, 4) is 11.5 Å². The van der Waals surface area contributed by atoms with Crippen LogP contribution in [0.1, 0.15) is 62.0 Å². The van der Waals surface area contributed by atoms with Crippen LogP contribution < -0.4 is 14.8 Å². The van der Waals surface area contributed by atoms with E-state index in [0.29, 0.717) is 12.0 Å². The lowest BCUT2D eigenvalue weighted by atomic mass is 9.68. The van der Waals surface area contributed by atoms with Gasteiger partial charge < -0.3 is 19.5 Å². The molecule has 0 bridgehead atoms. The first-order valence-electron chi connectivity index (χ1n) is 12.7. The van der Waals surface area contributed by atoms with E-state index in [1.54, 1.807) is 14.2 Å². The van der Waals surface area contributed by atoms with Crippen molar-refractivity contribution in [1.29, 1.82) is 0 Å². The summed E-state index contributed by atoms with van der Waals surface area (Å²) < 4.78 is 16.6. The van der Waals surface area contributed by atoms with Crippen LogP contribution in [-0.4, -0.2) is 32.1 Å². The van der Waals surface area contributed by atoms with Crippen LogP contribution in [0, 0.1) is 5.92 Å². The maximum absolute atomic E-state index is 13.8. The summed E-state index contributed by atoms with van der Waals surface area (Å²) in [6, 6.07) is 15.5. The Balaban J connectivity index is 1.54. The lowest BCUT2D eigenvalue weighted by Gasteiger charge is -2.39. The molecule has 0 amide bonds. The molecular weight excluding hydrogens is 454 g/mol. The minimum Gasteiger partial charge on any atom is -0.497 e. The van der Waals surface area contributed by atoms with E-state index >= 15 is 0 Å². The largest absolute Gasteiger partial charge is 0.497 e. The molecule has 0 saturated heterocycles. The van der Waals surface area contributed by atoms with E-state index in [4.69, 9.17) is 14.2 Å². The summed E-state index contributed by atoms with van der Waals surface area (Å²) in [4.78, 5) is 27.3. The number of ketones is 1. The molecule has 1 N–H and O–H groups in total. The van der Waals surface area contributed by atoms with Crippen molar-refractivity contribution in [2.75, 3.05) is 14.2 Å². The first-order valence-corrected chi connectivity index (χ1v) is 12.7. The predicted octanol–water partition coefficient (Wildman–Crippen LogP) is 5.41. The van der Waals surface area contributed by atoms with Gasteiger partial charge in [0.15, 0.2) is 0 Å². The molecule has 6 heteroatoms. The van der Waals surface area contributed by atoms with Gasteiger partial charge in [0.05, 0.1) is 25.7 Å². The Bertz CT molecular complexity index is 1190. The lowest BCUT2D eigenvalue weighted by molar-refractivity contribution is -0.144. The highest BCUT2D eigenvalue weighted by atomic mass is 16.5. The number of hydrogen-bond donors (Lipinski definition) is 1. The van der Waals surface area contributed by atoms with Gasteiger partial charge in [0, 0.05) is 29.7 Å². The molecule has 1 aliphatic heterocycles. The van der Waals surface area contributed by atoms with E-state index in [1.165, 1.54) is 0 Å². The van der Waals surface area contributed by atoms with Gasteiger partial charge in [-0.1, -0.05) is 30.3 Å². The fourth-order valence-corrected chi connectivity index (χ4v) is 5.80. The molecule has 1 saturated carbocycles. The molecule has 36 heavy (non-hydrogen) atoms. The molecule has 188 valence electrons. The highest BCUT2D eigenvalue weighted by Gasteiger charge is 2.45. The van der Waals surface area contributed by atoms with Gasteiger partial charge in [-0.05, 0) is 68.0 Å². The third kappa shape index (κ3) is 4.64. The summed E-state index contributed by atoms with van der Waals surface area (Å²) in [5.74, 6) is 0.375. The zero-order chi connectivity index (χ0) is 25.2. The SMILES string of the molecule is COc1ccc(C2C=C3NC(C)=C(C(=O)OC4CCCC4)C(c4ccc(OC)cc4)C3C(=O)C2)cc1. The molecule has 2 aromatic carbocycles. The molecule has 3 aliphatic rings. The molecule has 3 unspecified atom stereocenters. The Morgan fingerprint density at radius 1 is 0.861 bits per heavy atom. The average molecular weight is 488 g/mol. The Morgan fingerprint density at radius 3 is 2.03 bits per heavy atom. The van der Waals surface area contributed by atoms with Crippen LogP contribution in [-0.2, 0) is 14.3 Å². The van der Waals surface area contributed by atoms with Crippen LogP contribution in [0.25, 0.3) is 0 Å². The van der Waals surface area contributed by atoms with E-state index in [-0.39, 0.29) is 23.8 Å². The summed E-state index contributed by atoms with van der Waals surface area (Å²) >= 11 is 0. The predicted molar refractivity (Wildman–Crippen MR) is 137 cm³/mol. The normalized spacial score (nSPS) is 24.0. The zero-order valence-electron chi connectivity index (χ0n) is 21.1. The lowest BCUT2D eigenvalue weighted by Crippen LogP contribution is -2.42. The molecule has 1 heterocycles. The number of rotatable bonds is 6. The smallest absolute Gasteiger partial charge is 0.336 e. The molecule has 1 fully saturated rings. The van der Waals surface area contributed by atoms with Crippen LogP contribution in [0.15, 0.2) is 71.6 Å². The summed E-state index contributed by atoms with van der Waals surface area (Å²) in [5, 5.41) is 3.42. The molecule has 2 aliphatic carbocycles. The molecule has 0 radical (unpaired) electrons. The van der Waals surface area contributed by atoms with Crippen molar-refractivity contribution in [2.45, 2.75) is 57.0 Å². The third-order valence-electron chi connectivity index (χ3n) is 7.68. The van der Waals surface area contributed by atoms with Crippen molar-refractivity contribution < 1.29 is 23.8 Å². The number of allylic oxidation sites excluding steroid dienone is 3. The van der Waals surface area contributed by atoms with Crippen molar-refractivity contribution in [1.82, 2.24) is 5.32 Å². The first kappa shape index (κ1) is 24.2. The van der Waals surface area contributed by atoms with Gasteiger partial charge in [-0.3, -0.25) is 4.79 Å². The van der Waals surface area contributed by atoms with Gasteiger partial charge in [0.2, 0.25) is 0 Å². The van der Waals surface area contributed by atoms with Crippen molar-refractivity contribution >= 4 is 11.8 Å². The maximum Gasteiger partial charge on any atom is 0.336 e. The fourth-order valence-electron chi connectivity index (χ4n) is 5.80. The summed E-state index contributed by atoms with van der Waals surface area (Å²) in [6.45, 7) is 1.90. The van der Waals surface area contributed by atoms with E-state index in [1.807, 2.05) is 55.5 Å². The number of benzene rings is 2. The molecule has 2 aromatic rings. The van der Waals surface area contributed by atoms with Gasteiger partial charge in [-0.15, -0.1) is 0 Å². The number of ether oxygens (including phenoxy) is 3. The van der Waals surface area contributed by atoms with Gasteiger partial charge in [-0.25, -0.2) is 4.79 Å². The number of carbonyl (C=O) groups excluding carboxylic acids is 2. The number of hydrogen-bond acceptors (Lipinski definition) is 6. The number of Topliss-reactive ketones (excluding diaryl/α,β-unsaturated/α-hetero) is 1. The van der Waals surface area contributed by atoms with Crippen LogP contribution in [0.3, 0.4) is 0 Å². The topological polar surface area (TPSA) is 73.9 Å². The summed E-state index contributed by atoms with van der Waals surface area (Å²) in [6.07, 6.45) is 6.43. The number of methoxy groups -OCH3 is 2. The Kier molecular flexibility index (Phi) is 6.86. The summed E-state index contributed by atoms with van der Waals surface area (Å²) in [5.41, 5.74) is 4.10. The number of esters is 1. The highest BCUT2D eigenvalue weighted by Crippen LogP contribution is 2.46. The molecule has 3 atom stereocenters. The van der Waals surface area contributed by atoms with Crippen LogP contribution in [0.4, 0.5) is 0 Å². The highest BCUT2D eigenvalue weighted by molar-refractivity contribution is 5.96. The molecule has 0 aromatic heterocycles. The Morgan fingerprint density at radius 2 is 1.44 bits per heavy atom. The quantitative estimate of drug-likeness (QED) is 0.550. The molecule has 6 nitrogen and oxygen atoms in total. The third-order valence-corrected chi connectivity index (χ3v) is 7.68. The second-order valence-electron chi connectivity index (χ2n) is 9.88. The summed E-state index contributed by atoms with van der Waals surface area (Å²) in [7, 11) is 3.26. The van der Waals surface area contributed by atoms with E-state index in [9.17, 15) is 9.59 Å². The molecule has 0 spiro atoms. The first-order chi connectivity index (χ1) is 17.5. The molecule has 5 rings (SSSR count). The van der Waals surface area contributed by atoms with Crippen LogP contribution >= 0.6 is 0 Å². The molecular formula is C30H33NO5. The fraction of sp³-hybridized carbons (Fsp3) is 0.400. The minimum atomic E-state index is -0.470. The Hall–Kier alpha value is -3.54. The van der Waals surface area contributed by atoms with Crippen LogP contribution in [0.5, 0.6) is 11.5 Å². The Labute approximate surface area is 212 Å². The van der Waals surface area contributed by atoms with E-state index in [0.717, 1.165) is 59.7 Å². The number of carbonyl (C=O) groups is 2. The van der Waals surface area contributed by atoms with Crippen molar-refractivity contribution in [3.63, 3.8) is 0 Å². The van der Waals surface area contributed by atoms with Gasteiger partial charge in [0.1, 0.15) is 23.4 Å².